The van der Waals surface area contributed by atoms with E-state index in [9.17, 15) is 9.90 Å². The molecule has 1 aromatic heterocycles. The maximum absolute atomic E-state index is 11.3. The molecule has 0 spiro atoms. The van der Waals surface area contributed by atoms with Gasteiger partial charge in [0, 0.05) is 12.0 Å². The van der Waals surface area contributed by atoms with Crippen molar-refractivity contribution < 1.29 is 14.4 Å². The smallest absolute Gasteiger partial charge is 0.328 e. The van der Waals surface area contributed by atoms with E-state index in [-0.39, 0.29) is 5.92 Å². The highest BCUT2D eigenvalue weighted by atomic mass is 16.5. The van der Waals surface area contributed by atoms with Crippen LogP contribution in [0.2, 0.25) is 0 Å². The number of aliphatic carboxylic acids is 1. The van der Waals surface area contributed by atoms with Crippen molar-refractivity contribution in [2.24, 2.45) is 11.7 Å². The normalized spacial score (nSPS) is 29.9. The molecule has 0 aliphatic heterocycles. The van der Waals surface area contributed by atoms with E-state index in [0.29, 0.717) is 29.9 Å². The first-order valence-electron chi connectivity index (χ1n) is 4.95. The Morgan fingerprint density at radius 2 is 2.40 bits per heavy atom. The molecule has 2 unspecified atom stereocenters. The highest BCUT2D eigenvalue weighted by Gasteiger charge is 2.48. The molecule has 2 rings (SSSR count). The van der Waals surface area contributed by atoms with E-state index in [1.54, 1.807) is 6.92 Å². The molecule has 1 aliphatic rings. The number of nitrogens with zero attached hydrogens (tertiary/aromatic N) is 1. The third-order valence-electron chi connectivity index (χ3n) is 3.28. The third kappa shape index (κ3) is 1.19. The fourth-order valence-corrected chi connectivity index (χ4v) is 2.26. The summed E-state index contributed by atoms with van der Waals surface area (Å²) in [6, 6.07) is 0. The van der Waals surface area contributed by atoms with Crippen molar-refractivity contribution in [2.45, 2.75) is 32.2 Å². The predicted molar refractivity (Wildman–Crippen MR) is 52.2 cm³/mol. The summed E-state index contributed by atoms with van der Waals surface area (Å²) in [5, 5.41) is 13.1. The largest absolute Gasteiger partial charge is 0.480 e. The lowest BCUT2D eigenvalue weighted by molar-refractivity contribution is -0.146. The van der Waals surface area contributed by atoms with Gasteiger partial charge in [0.05, 0.1) is 5.69 Å². The number of carboxylic acids is 1. The summed E-state index contributed by atoms with van der Waals surface area (Å²) in [5.74, 6) is -0.502. The number of aromatic nitrogens is 1. The van der Waals surface area contributed by atoms with Crippen LogP contribution >= 0.6 is 0 Å². The number of fused-ring (bicyclic) bond motifs is 1. The van der Waals surface area contributed by atoms with Crippen molar-refractivity contribution in [3.05, 3.63) is 17.0 Å². The van der Waals surface area contributed by atoms with Crippen LogP contribution in [0.1, 0.15) is 30.4 Å². The first kappa shape index (κ1) is 10.2. The second-order valence-electron chi connectivity index (χ2n) is 4.18. The van der Waals surface area contributed by atoms with Crippen LogP contribution in [0.5, 0.6) is 0 Å². The SMILES string of the molecule is Cc1noc2c1C(N)(C(=O)O)C(C)CC2. The first-order valence-corrected chi connectivity index (χ1v) is 4.95. The Morgan fingerprint density at radius 3 is 3.00 bits per heavy atom. The quantitative estimate of drug-likeness (QED) is 0.715. The van der Waals surface area contributed by atoms with Crippen molar-refractivity contribution in [3.63, 3.8) is 0 Å². The number of nitrogens with two attached hydrogens (primary N) is 1. The van der Waals surface area contributed by atoms with Gasteiger partial charge in [-0.2, -0.15) is 0 Å². The van der Waals surface area contributed by atoms with Crippen molar-refractivity contribution in [3.8, 4) is 0 Å². The lowest BCUT2D eigenvalue weighted by atomic mass is 9.72. The van der Waals surface area contributed by atoms with Crippen LogP contribution in [-0.4, -0.2) is 16.2 Å². The lowest BCUT2D eigenvalue weighted by Crippen LogP contribution is -2.52. The van der Waals surface area contributed by atoms with Gasteiger partial charge in [-0.25, -0.2) is 4.79 Å². The molecule has 1 heterocycles. The molecular formula is C10H14N2O3. The molecule has 0 fully saturated rings. The second-order valence-corrected chi connectivity index (χ2v) is 4.18. The Morgan fingerprint density at radius 1 is 1.73 bits per heavy atom. The van der Waals surface area contributed by atoms with Crippen LogP contribution in [-0.2, 0) is 16.8 Å². The molecule has 0 saturated carbocycles. The molecule has 2 atom stereocenters. The van der Waals surface area contributed by atoms with Gasteiger partial charge >= 0.3 is 5.97 Å². The standard InChI is InChI=1S/C10H14N2O3/c1-5-3-4-7-8(6(2)12-15-7)10(5,11)9(13)14/h5H,3-4,11H2,1-2H3,(H,13,14). The van der Waals surface area contributed by atoms with Crippen LogP contribution in [0.15, 0.2) is 4.52 Å². The highest BCUT2D eigenvalue weighted by Crippen LogP contribution is 2.39. The van der Waals surface area contributed by atoms with Crippen LogP contribution < -0.4 is 5.73 Å². The van der Waals surface area contributed by atoms with Crippen molar-refractivity contribution in [1.29, 1.82) is 0 Å². The van der Waals surface area contributed by atoms with Gasteiger partial charge < -0.3 is 15.4 Å². The molecule has 0 amide bonds. The average Bonchev–Trinajstić information content (AvgIpc) is 2.54. The van der Waals surface area contributed by atoms with Gasteiger partial charge in [-0.1, -0.05) is 12.1 Å². The summed E-state index contributed by atoms with van der Waals surface area (Å²) in [6.45, 7) is 3.58. The van der Waals surface area contributed by atoms with Crippen molar-refractivity contribution in [2.75, 3.05) is 0 Å². The number of rotatable bonds is 1. The second kappa shape index (κ2) is 3.06. The van der Waals surface area contributed by atoms with E-state index in [2.05, 4.69) is 5.16 Å². The third-order valence-corrected chi connectivity index (χ3v) is 3.28. The Balaban J connectivity index is 2.64. The van der Waals surface area contributed by atoms with Crippen molar-refractivity contribution >= 4 is 5.97 Å². The molecule has 15 heavy (non-hydrogen) atoms. The zero-order chi connectivity index (χ0) is 11.2. The summed E-state index contributed by atoms with van der Waals surface area (Å²) >= 11 is 0. The van der Waals surface area contributed by atoms with E-state index in [1.807, 2.05) is 6.92 Å². The van der Waals surface area contributed by atoms with Crippen molar-refractivity contribution in [1.82, 2.24) is 5.16 Å². The molecule has 0 saturated heterocycles. The van der Waals surface area contributed by atoms with E-state index in [0.717, 1.165) is 0 Å². The van der Waals surface area contributed by atoms with E-state index >= 15 is 0 Å². The summed E-state index contributed by atoms with van der Waals surface area (Å²) in [7, 11) is 0. The molecule has 0 radical (unpaired) electrons. The molecule has 3 N–H and O–H groups in total. The fourth-order valence-electron chi connectivity index (χ4n) is 2.26. The fraction of sp³-hybridized carbons (Fsp3) is 0.600. The van der Waals surface area contributed by atoms with Gasteiger partial charge in [-0.05, 0) is 19.3 Å². The zero-order valence-corrected chi connectivity index (χ0v) is 8.78. The van der Waals surface area contributed by atoms with Crippen LogP contribution in [0.25, 0.3) is 0 Å². The average molecular weight is 210 g/mol. The lowest BCUT2D eigenvalue weighted by Gasteiger charge is -2.34. The predicted octanol–water partition coefficient (Wildman–Crippen LogP) is 0.804. The van der Waals surface area contributed by atoms with Crippen LogP contribution in [0, 0.1) is 12.8 Å². The van der Waals surface area contributed by atoms with Crippen LogP contribution in [0.4, 0.5) is 0 Å². The molecule has 0 bridgehead atoms. The summed E-state index contributed by atoms with van der Waals surface area (Å²) < 4.78 is 5.09. The minimum absolute atomic E-state index is 0.111. The number of carboxylic acid groups (broad SMARTS) is 1. The van der Waals surface area contributed by atoms with E-state index in [1.165, 1.54) is 0 Å². The van der Waals surface area contributed by atoms with Gasteiger partial charge in [0.2, 0.25) is 0 Å². The Bertz CT molecular complexity index is 413. The van der Waals surface area contributed by atoms with Crippen LogP contribution in [0.3, 0.4) is 0 Å². The Hall–Kier alpha value is -1.36. The Kier molecular flexibility index (Phi) is 2.08. The molecule has 5 heteroatoms. The molecule has 82 valence electrons. The molecule has 1 aliphatic carbocycles. The zero-order valence-electron chi connectivity index (χ0n) is 8.78. The van der Waals surface area contributed by atoms with Gasteiger partial charge in [-0.15, -0.1) is 0 Å². The summed E-state index contributed by atoms with van der Waals surface area (Å²) in [6.07, 6.45) is 1.42. The number of hydrogen-bond donors (Lipinski definition) is 2. The molecule has 1 aromatic rings. The maximum atomic E-state index is 11.3. The topological polar surface area (TPSA) is 89.4 Å². The summed E-state index contributed by atoms with van der Waals surface area (Å²) in [4.78, 5) is 11.3. The highest BCUT2D eigenvalue weighted by molar-refractivity contribution is 5.82. The first-order chi connectivity index (χ1) is 6.98. The number of carbonyl (C=O) groups is 1. The summed E-state index contributed by atoms with van der Waals surface area (Å²) in [5.41, 5.74) is 5.80. The van der Waals surface area contributed by atoms with Gasteiger partial charge in [0.25, 0.3) is 0 Å². The van der Waals surface area contributed by atoms with E-state index in [4.69, 9.17) is 10.3 Å². The Labute approximate surface area is 87.2 Å². The minimum atomic E-state index is -1.35. The molecule has 5 nitrogen and oxygen atoms in total. The number of hydrogen-bond acceptors (Lipinski definition) is 4. The van der Waals surface area contributed by atoms with Gasteiger partial charge in [0.15, 0.2) is 0 Å². The van der Waals surface area contributed by atoms with Gasteiger partial charge in [0.1, 0.15) is 11.3 Å². The monoisotopic (exact) mass is 210 g/mol. The minimum Gasteiger partial charge on any atom is -0.480 e. The van der Waals surface area contributed by atoms with E-state index < -0.39 is 11.5 Å². The molecular weight excluding hydrogens is 196 g/mol. The number of aryl methyl sites for hydroxylation is 2. The maximum Gasteiger partial charge on any atom is 0.328 e. The molecule has 0 aromatic carbocycles. The van der Waals surface area contributed by atoms with Gasteiger partial charge in [-0.3, -0.25) is 0 Å².